The van der Waals surface area contributed by atoms with Gasteiger partial charge < -0.3 is 4.57 Å². The van der Waals surface area contributed by atoms with Crippen LogP contribution >= 0.6 is 11.6 Å². The van der Waals surface area contributed by atoms with Crippen molar-refractivity contribution in [3.05, 3.63) is 83.1 Å². The first-order chi connectivity index (χ1) is 15.7. The number of rotatable bonds is 6. The number of nitrogens with zero attached hydrogens (tertiary/aromatic N) is 3. The number of aromatic nitrogens is 2. The monoisotopic (exact) mass is 484 g/mol. The lowest BCUT2D eigenvalue weighted by Crippen LogP contribution is -2.23. The second kappa shape index (κ2) is 9.13. The summed E-state index contributed by atoms with van der Waals surface area (Å²) in [5.41, 5.74) is 4.99. The lowest BCUT2D eigenvalue weighted by atomic mass is 10.2. The number of imidazole rings is 1. The van der Waals surface area contributed by atoms with Crippen LogP contribution in [0.25, 0.3) is 22.4 Å². The molecule has 168 valence electrons. The van der Waals surface area contributed by atoms with Crippen LogP contribution in [0.1, 0.15) is 5.56 Å². The van der Waals surface area contributed by atoms with E-state index in [2.05, 4.69) is 15.5 Å². The number of nitrogens with one attached hydrogen (secondary N) is 1. The number of benzene rings is 3. The number of fused-ring (bicyclic) bond motifs is 1. The summed E-state index contributed by atoms with van der Waals surface area (Å²) in [6, 6.07) is 17.1. The third kappa shape index (κ3) is 5.27. The Bertz CT molecular complexity index is 1460. The van der Waals surface area contributed by atoms with Crippen LogP contribution in [0.3, 0.4) is 0 Å². The van der Waals surface area contributed by atoms with Crippen molar-refractivity contribution in [2.75, 3.05) is 6.26 Å². The lowest BCUT2D eigenvalue weighted by Gasteiger charge is -2.09. The van der Waals surface area contributed by atoms with Gasteiger partial charge in [-0.05, 0) is 60.2 Å². The highest BCUT2D eigenvalue weighted by atomic mass is 35.5. The van der Waals surface area contributed by atoms with Crippen LogP contribution in [0.4, 0.5) is 4.39 Å². The number of sulfone groups is 1. The van der Waals surface area contributed by atoms with Crippen LogP contribution in [0, 0.1) is 5.82 Å². The van der Waals surface area contributed by atoms with Gasteiger partial charge in [0.25, 0.3) is 5.91 Å². The van der Waals surface area contributed by atoms with E-state index in [1.807, 2.05) is 0 Å². The summed E-state index contributed by atoms with van der Waals surface area (Å²) >= 11 is 6.10. The molecule has 0 saturated heterocycles. The topological polar surface area (TPSA) is 93.4 Å². The normalized spacial score (nSPS) is 11.8. The molecule has 0 spiro atoms. The summed E-state index contributed by atoms with van der Waals surface area (Å²) in [5.74, 6) is -0.290. The molecule has 3 aromatic carbocycles. The summed E-state index contributed by atoms with van der Waals surface area (Å²) in [6.07, 6.45) is 2.55. The number of hydrogen-bond donors (Lipinski definition) is 1. The van der Waals surface area contributed by atoms with Crippen LogP contribution < -0.4 is 5.43 Å². The SMILES string of the molecule is CS(=O)(=O)c1ccc(-c2nc3cc(Cl)ccc3n2CC(=O)N/N=C/c2ccc(F)cc2)cc1. The van der Waals surface area contributed by atoms with Gasteiger partial charge in [0.15, 0.2) is 9.84 Å². The molecule has 10 heteroatoms. The third-order valence-corrected chi connectivity index (χ3v) is 6.19. The highest BCUT2D eigenvalue weighted by molar-refractivity contribution is 7.90. The predicted octanol–water partition coefficient (Wildman–Crippen LogP) is 4.05. The minimum atomic E-state index is -3.34. The Hall–Kier alpha value is -3.56. The Morgan fingerprint density at radius 1 is 1.12 bits per heavy atom. The van der Waals surface area contributed by atoms with Crippen LogP contribution in [-0.2, 0) is 21.2 Å². The van der Waals surface area contributed by atoms with Crippen molar-refractivity contribution in [1.82, 2.24) is 15.0 Å². The molecule has 0 aliphatic carbocycles. The zero-order chi connectivity index (χ0) is 23.6. The van der Waals surface area contributed by atoms with E-state index in [4.69, 9.17) is 11.6 Å². The van der Waals surface area contributed by atoms with E-state index in [1.54, 1.807) is 34.9 Å². The summed E-state index contributed by atoms with van der Waals surface area (Å²) < 4.78 is 38.2. The van der Waals surface area contributed by atoms with Crippen LogP contribution in [0.15, 0.2) is 76.7 Å². The molecule has 0 aliphatic rings. The van der Waals surface area contributed by atoms with Crippen molar-refractivity contribution >= 4 is 44.6 Å². The highest BCUT2D eigenvalue weighted by Crippen LogP contribution is 2.27. The average molecular weight is 485 g/mol. The Kier molecular flexibility index (Phi) is 6.26. The van der Waals surface area contributed by atoms with E-state index >= 15 is 0 Å². The maximum Gasteiger partial charge on any atom is 0.260 e. The number of carbonyl (C=O) groups is 1. The quantitative estimate of drug-likeness (QED) is 0.330. The highest BCUT2D eigenvalue weighted by Gasteiger charge is 2.16. The third-order valence-electron chi connectivity index (χ3n) is 4.83. The van der Waals surface area contributed by atoms with Gasteiger partial charge in [0.1, 0.15) is 18.2 Å². The van der Waals surface area contributed by atoms with Crippen molar-refractivity contribution in [1.29, 1.82) is 0 Å². The number of hydrogen-bond acceptors (Lipinski definition) is 5. The van der Waals surface area contributed by atoms with Crippen molar-refractivity contribution in [3.63, 3.8) is 0 Å². The molecule has 4 aromatic rings. The molecule has 0 fully saturated rings. The maximum absolute atomic E-state index is 13.0. The summed E-state index contributed by atoms with van der Waals surface area (Å²) in [6.45, 7) is -0.0952. The molecular formula is C23H18ClFN4O3S. The first-order valence-electron chi connectivity index (χ1n) is 9.74. The van der Waals surface area contributed by atoms with Crippen molar-refractivity contribution in [3.8, 4) is 11.4 Å². The van der Waals surface area contributed by atoms with E-state index in [0.717, 1.165) is 6.26 Å². The molecule has 1 heterocycles. The minimum Gasteiger partial charge on any atom is -0.314 e. The van der Waals surface area contributed by atoms with E-state index in [1.165, 1.54) is 42.6 Å². The van der Waals surface area contributed by atoms with Gasteiger partial charge >= 0.3 is 0 Å². The van der Waals surface area contributed by atoms with Crippen molar-refractivity contribution in [2.45, 2.75) is 11.4 Å². The Balaban J connectivity index is 1.63. The molecule has 4 rings (SSSR count). The van der Waals surface area contributed by atoms with Crippen LogP contribution in [0.2, 0.25) is 5.02 Å². The van der Waals surface area contributed by atoms with E-state index < -0.39 is 15.7 Å². The molecule has 33 heavy (non-hydrogen) atoms. The van der Waals surface area contributed by atoms with Crippen molar-refractivity contribution < 1.29 is 17.6 Å². The van der Waals surface area contributed by atoms with E-state index in [0.29, 0.717) is 33.0 Å². The predicted molar refractivity (Wildman–Crippen MR) is 125 cm³/mol. The van der Waals surface area contributed by atoms with Crippen LogP contribution in [-0.4, -0.2) is 36.3 Å². The zero-order valence-corrected chi connectivity index (χ0v) is 18.9. The first-order valence-corrected chi connectivity index (χ1v) is 12.0. The lowest BCUT2D eigenvalue weighted by molar-refractivity contribution is -0.121. The van der Waals surface area contributed by atoms with Gasteiger partial charge in [-0.3, -0.25) is 4.79 Å². The Morgan fingerprint density at radius 2 is 1.82 bits per heavy atom. The molecule has 0 radical (unpaired) electrons. The largest absolute Gasteiger partial charge is 0.314 e. The summed E-state index contributed by atoms with van der Waals surface area (Å²) in [7, 11) is -3.34. The fourth-order valence-electron chi connectivity index (χ4n) is 3.24. The van der Waals surface area contributed by atoms with Gasteiger partial charge in [-0.2, -0.15) is 5.10 Å². The van der Waals surface area contributed by atoms with E-state index in [-0.39, 0.29) is 17.3 Å². The molecule has 0 unspecified atom stereocenters. The Labute approximate surface area is 194 Å². The molecule has 0 atom stereocenters. The Morgan fingerprint density at radius 3 is 2.48 bits per heavy atom. The fourth-order valence-corrected chi connectivity index (χ4v) is 4.04. The minimum absolute atomic E-state index is 0.0952. The van der Waals surface area contributed by atoms with Gasteiger partial charge in [-0.25, -0.2) is 23.2 Å². The standard InChI is InChI=1S/C23H18ClFN4O3S/c1-33(31,32)19-9-4-16(5-10-19)23-27-20-12-17(24)6-11-21(20)29(23)14-22(30)28-26-13-15-2-7-18(25)8-3-15/h2-13H,14H2,1H3,(H,28,30)/b26-13+. The average Bonchev–Trinajstić information content (AvgIpc) is 3.12. The molecule has 1 amide bonds. The molecule has 1 N–H and O–H groups in total. The molecular weight excluding hydrogens is 467 g/mol. The number of hydrazone groups is 1. The van der Waals surface area contributed by atoms with Gasteiger partial charge in [0.2, 0.25) is 0 Å². The number of carbonyl (C=O) groups excluding carboxylic acids is 1. The van der Waals surface area contributed by atoms with Gasteiger partial charge in [0.05, 0.1) is 22.1 Å². The molecule has 0 aliphatic heterocycles. The molecule has 0 bridgehead atoms. The van der Waals surface area contributed by atoms with E-state index in [9.17, 15) is 17.6 Å². The van der Waals surface area contributed by atoms with Crippen LogP contribution in [0.5, 0.6) is 0 Å². The summed E-state index contributed by atoms with van der Waals surface area (Å²) in [5, 5.41) is 4.42. The number of halogens is 2. The van der Waals surface area contributed by atoms with Gasteiger partial charge in [0, 0.05) is 16.8 Å². The smallest absolute Gasteiger partial charge is 0.260 e. The molecule has 1 aromatic heterocycles. The first kappa shape index (κ1) is 22.6. The second-order valence-corrected chi connectivity index (χ2v) is 9.75. The van der Waals surface area contributed by atoms with Gasteiger partial charge in [-0.1, -0.05) is 23.7 Å². The fraction of sp³-hybridized carbons (Fsp3) is 0.0870. The van der Waals surface area contributed by atoms with Crippen molar-refractivity contribution in [2.24, 2.45) is 5.10 Å². The summed E-state index contributed by atoms with van der Waals surface area (Å²) in [4.78, 5) is 17.4. The number of amides is 1. The van der Waals surface area contributed by atoms with Gasteiger partial charge in [-0.15, -0.1) is 0 Å². The second-order valence-electron chi connectivity index (χ2n) is 7.30. The maximum atomic E-state index is 13.0. The molecule has 7 nitrogen and oxygen atoms in total. The zero-order valence-electron chi connectivity index (χ0n) is 17.4. The molecule has 0 saturated carbocycles.